The number of nitrogens with one attached hydrogen (secondary N) is 2. The van der Waals surface area contributed by atoms with Crippen LogP contribution >= 0.6 is 0 Å². The highest BCUT2D eigenvalue weighted by Gasteiger charge is 2.43. The van der Waals surface area contributed by atoms with Gasteiger partial charge in [0.25, 0.3) is 0 Å². The van der Waals surface area contributed by atoms with Crippen molar-refractivity contribution in [2.24, 2.45) is 0 Å². The van der Waals surface area contributed by atoms with Gasteiger partial charge in [0.1, 0.15) is 0 Å². The van der Waals surface area contributed by atoms with Crippen molar-refractivity contribution in [3.8, 4) is 11.5 Å². The molecule has 0 unspecified atom stereocenters. The number of benzene rings is 2. The molecule has 0 radical (unpaired) electrons. The lowest BCUT2D eigenvalue weighted by Crippen LogP contribution is -2.28. The number of carbonyl (C=O) groups is 1. The van der Waals surface area contributed by atoms with E-state index in [9.17, 15) is 13.6 Å². The van der Waals surface area contributed by atoms with Crippen LogP contribution in [0.25, 0.3) is 0 Å². The molecular weight excluding hydrogens is 346 g/mol. The minimum atomic E-state index is -3.69. The first kappa shape index (κ1) is 17.9. The van der Waals surface area contributed by atoms with Gasteiger partial charge in [-0.25, -0.2) is 4.79 Å². The van der Waals surface area contributed by atoms with Crippen LogP contribution in [0.4, 0.5) is 19.3 Å². The number of ether oxygens (including phenoxy) is 3. The standard InChI is InChI=1S/C18H18F2N2O4/c1-2-24-11-13-6-4-3-5-12(13)10-21-17(23)22-14-7-8-15-16(9-14)26-18(19,20)25-15/h3-9H,2,10-11H2,1H3,(H2,21,22,23). The summed E-state index contributed by atoms with van der Waals surface area (Å²) in [6.45, 7) is 3.28. The molecule has 0 atom stereocenters. The molecule has 6 nitrogen and oxygen atoms in total. The Morgan fingerprint density at radius 3 is 2.62 bits per heavy atom. The Bertz CT molecular complexity index is 799. The van der Waals surface area contributed by atoms with Gasteiger partial charge in [0.15, 0.2) is 11.5 Å². The summed E-state index contributed by atoms with van der Waals surface area (Å²) in [5.41, 5.74) is 2.23. The Morgan fingerprint density at radius 2 is 1.85 bits per heavy atom. The second-order valence-electron chi connectivity index (χ2n) is 5.54. The van der Waals surface area contributed by atoms with E-state index in [1.165, 1.54) is 18.2 Å². The summed E-state index contributed by atoms with van der Waals surface area (Å²) < 4.78 is 40.1. The number of carbonyl (C=O) groups excluding carboxylic acids is 1. The van der Waals surface area contributed by atoms with Crippen molar-refractivity contribution in [2.45, 2.75) is 26.4 Å². The fourth-order valence-corrected chi connectivity index (χ4v) is 2.46. The van der Waals surface area contributed by atoms with E-state index in [1.54, 1.807) is 0 Å². The van der Waals surface area contributed by atoms with Gasteiger partial charge in [-0.2, -0.15) is 0 Å². The zero-order valence-electron chi connectivity index (χ0n) is 14.1. The van der Waals surface area contributed by atoms with Gasteiger partial charge in [-0.1, -0.05) is 24.3 Å². The summed E-state index contributed by atoms with van der Waals surface area (Å²) in [4.78, 5) is 12.1. The monoisotopic (exact) mass is 364 g/mol. The van der Waals surface area contributed by atoms with Crippen molar-refractivity contribution in [1.29, 1.82) is 0 Å². The maximum absolute atomic E-state index is 13.0. The van der Waals surface area contributed by atoms with E-state index >= 15 is 0 Å². The average Bonchev–Trinajstić information content (AvgIpc) is 2.92. The molecule has 0 aromatic heterocycles. The Balaban J connectivity index is 1.57. The van der Waals surface area contributed by atoms with Crippen molar-refractivity contribution < 1.29 is 27.8 Å². The van der Waals surface area contributed by atoms with Gasteiger partial charge in [-0.3, -0.25) is 0 Å². The third kappa shape index (κ3) is 4.40. The maximum atomic E-state index is 13.0. The fourth-order valence-electron chi connectivity index (χ4n) is 2.46. The van der Waals surface area contributed by atoms with Gasteiger partial charge < -0.3 is 24.8 Å². The van der Waals surface area contributed by atoms with Crippen molar-refractivity contribution in [3.05, 3.63) is 53.6 Å². The topological polar surface area (TPSA) is 68.8 Å². The molecule has 0 spiro atoms. The SMILES string of the molecule is CCOCc1ccccc1CNC(=O)Nc1ccc2c(c1)OC(F)(F)O2. The summed E-state index contributed by atoms with van der Waals surface area (Å²) in [5, 5.41) is 5.29. The van der Waals surface area contributed by atoms with Crippen LogP contribution in [0.2, 0.25) is 0 Å². The van der Waals surface area contributed by atoms with Crippen molar-refractivity contribution in [3.63, 3.8) is 0 Å². The first-order chi connectivity index (χ1) is 12.5. The Hall–Kier alpha value is -2.87. The first-order valence-corrected chi connectivity index (χ1v) is 8.06. The summed E-state index contributed by atoms with van der Waals surface area (Å²) in [6.07, 6.45) is -3.69. The Kier molecular flexibility index (Phi) is 5.22. The summed E-state index contributed by atoms with van der Waals surface area (Å²) in [6, 6.07) is 11.2. The van der Waals surface area contributed by atoms with Gasteiger partial charge >= 0.3 is 12.3 Å². The lowest BCUT2D eigenvalue weighted by Gasteiger charge is -2.11. The van der Waals surface area contributed by atoms with Crippen LogP contribution in [0.5, 0.6) is 11.5 Å². The molecule has 1 heterocycles. The molecule has 1 aliphatic heterocycles. The van der Waals surface area contributed by atoms with E-state index in [1.807, 2.05) is 31.2 Å². The predicted molar refractivity (Wildman–Crippen MR) is 90.3 cm³/mol. The minimum absolute atomic E-state index is 0.0780. The number of rotatable bonds is 6. The molecule has 0 aliphatic carbocycles. The number of hydrogen-bond acceptors (Lipinski definition) is 4. The van der Waals surface area contributed by atoms with E-state index in [0.717, 1.165) is 11.1 Å². The summed E-state index contributed by atoms with van der Waals surface area (Å²) in [7, 11) is 0. The molecule has 2 N–H and O–H groups in total. The number of hydrogen-bond donors (Lipinski definition) is 2. The van der Waals surface area contributed by atoms with Crippen molar-refractivity contribution in [1.82, 2.24) is 5.32 Å². The molecule has 26 heavy (non-hydrogen) atoms. The van der Waals surface area contributed by atoms with E-state index < -0.39 is 12.3 Å². The molecule has 0 fully saturated rings. The number of anilines is 1. The molecule has 2 aromatic rings. The average molecular weight is 364 g/mol. The third-order valence-corrected chi connectivity index (χ3v) is 3.68. The van der Waals surface area contributed by atoms with Gasteiger partial charge in [0.2, 0.25) is 0 Å². The van der Waals surface area contributed by atoms with Crippen LogP contribution in [0.1, 0.15) is 18.1 Å². The zero-order chi connectivity index (χ0) is 18.6. The smallest absolute Gasteiger partial charge is 0.395 e. The largest absolute Gasteiger partial charge is 0.586 e. The van der Waals surface area contributed by atoms with Crippen LogP contribution in [0.15, 0.2) is 42.5 Å². The normalized spacial score (nSPS) is 14.1. The molecule has 8 heteroatoms. The van der Waals surface area contributed by atoms with E-state index in [0.29, 0.717) is 25.4 Å². The number of fused-ring (bicyclic) bond motifs is 1. The summed E-state index contributed by atoms with van der Waals surface area (Å²) >= 11 is 0. The highest BCUT2D eigenvalue weighted by atomic mass is 19.3. The molecule has 2 amide bonds. The number of halogens is 2. The Morgan fingerprint density at radius 1 is 1.12 bits per heavy atom. The number of urea groups is 1. The zero-order valence-corrected chi connectivity index (χ0v) is 14.1. The maximum Gasteiger partial charge on any atom is 0.586 e. The number of amides is 2. The fraction of sp³-hybridized carbons (Fsp3) is 0.278. The third-order valence-electron chi connectivity index (χ3n) is 3.68. The number of alkyl halides is 2. The second kappa shape index (κ2) is 7.57. The van der Waals surface area contributed by atoms with Gasteiger partial charge in [0.05, 0.1) is 6.61 Å². The van der Waals surface area contributed by atoms with E-state index in [4.69, 9.17) is 4.74 Å². The van der Waals surface area contributed by atoms with Gasteiger partial charge in [0, 0.05) is 24.9 Å². The van der Waals surface area contributed by atoms with Crippen LogP contribution in [0, 0.1) is 0 Å². The molecule has 0 saturated heterocycles. The highest BCUT2D eigenvalue weighted by Crippen LogP contribution is 2.42. The van der Waals surface area contributed by atoms with E-state index in [2.05, 4.69) is 20.1 Å². The van der Waals surface area contributed by atoms with Gasteiger partial charge in [-0.05, 0) is 30.2 Å². The first-order valence-electron chi connectivity index (χ1n) is 8.06. The molecule has 1 aliphatic rings. The quantitative estimate of drug-likeness (QED) is 0.817. The van der Waals surface area contributed by atoms with Crippen molar-refractivity contribution in [2.75, 3.05) is 11.9 Å². The minimum Gasteiger partial charge on any atom is -0.395 e. The predicted octanol–water partition coefficient (Wildman–Crippen LogP) is 3.87. The molecule has 0 bridgehead atoms. The van der Waals surface area contributed by atoms with Crippen LogP contribution in [-0.2, 0) is 17.9 Å². The van der Waals surface area contributed by atoms with Crippen LogP contribution < -0.4 is 20.1 Å². The lowest BCUT2D eigenvalue weighted by molar-refractivity contribution is -0.286. The van der Waals surface area contributed by atoms with Gasteiger partial charge in [-0.15, -0.1) is 8.78 Å². The highest BCUT2D eigenvalue weighted by molar-refractivity contribution is 5.89. The van der Waals surface area contributed by atoms with Crippen molar-refractivity contribution >= 4 is 11.7 Å². The van der Waals surface area contributed by atoms with Crippen LogP contribution in [0.3, 0.4) is 0 Å². The molecule has 3 rings (SSSR count). The molecular formula is C18H18F2N2O4. The molecule has 0 saturated carbocycles. The second-order valence-corrected chi connectivity index (χ2v) is 5.54. The van der Waals surface area contributed by atoms with Crippen LogP contribution in [-0.4, -0.2) is 18.9 Å². The molecule has 138 valence electrons. The van der Waals surface area contributed by atoms with E-state index in [-0.39, 0.29) is 11.5 Å². The molecule has 2 aromatic carbocycles. The lowest BCUT2D eigenvalue weighted by atomic mass is 10.1. The summed E-state index contributed by atoms with van der Waals surface area (Å²) in [5.74, 6) is -0.208. The Labute approximate surface area is 149 Å².